The van der Waals surface area contributed by atoms with Crippen LogP contribution in [0.25, 0.3) is 11.3 Å². The number of anilines is 1. The van der Waals surface area contributed by atoms with Gasteiger partial charge in [0.2, 0.25) is 0 Å². The van der Waals surface area contributed by atoms with Gasteiger partial charge in [0, 0.05) is 17.2 Å². The van der Waals surface area contributed by atoms with Crippen LogP contribution in [-0.4, -0.2) is 23.0 Å². The molecule has 5 nitrogen and oxygen atoms in total. The number of benzene rings is 2. The molecule has 0 atom stereocenters. The zero-order chi connectivity index (χ0) is 16.1. The predicted molar refractivity (Wildman–Crippen MR) is 88.4 cm³/mol. The van der Waals surface area contributed by atoms with E-state index in [0.717, 1.165) is 11.3 Å². The lowest BCUT2D eigenvalue weighted by Crippen LogP contribution is -2.13. The van der Waals surface area contributed by atoms with Crippen molar-refractivity contribution < 1.29 is 9.53 Å². The minimum Gasteiger partial charge on any atom is -0.497 e. The molecule has 1 amide bonds. The molecule has 0 spiro atoms. The lowest BCUT2D eigenvalue weighted by atomic mass is 10.1. The number of carbonyl (C=O) groups excluding carboxylic acids is 1. The molecule has 3 aromatic rings. The largest absolute Gasteiger partial charge is 0.497 e. The van der Waals surface area contributed by atoms with Crippen LogP contribution in [0.5, 0.6) is 5.75 Å². The van der Waals surface area contributed by atoms with Gasteiger partial charge in [0.05, 0.1) is 12.8 Å². The molecule has 0 fully saturated rings. The van der Waals surface area contributed by atoms with Gasteiger partial charge in [0.25, 0.3) is 5.91 Å². The molecule has 0 aliphatic heterocycles. The molecule has 0 saturated carbocycles. The predicted octanol–water partition coefficient (Wildman–Crippen LogP) is 3.40. The zero-order valence-electron chi connectivity index (χ0n) is 12.6. The van der Waals surface area contributed by atoms with Gasteiger partial charge in [-0.15, -0.1) is 0 Å². The number of aromatic nitrogens is 2. The summed E-state index contributed by atoms with van der Waals surface area (Å²) >= 11 is 0. The van der Waals surface area contributed by atoms with E-state index in [2.05, 4.69) is 15.3 Å². The maximum absolute atomic E-state index is 12.2. The van der Waals surface area contributed by atoms with E-state index in [1.807, 2.05) is 30.3 Å². The van der Waals surface area contributed by atoms with Crippen LogP contribution in [0.1, 0.15) is 10.4 Å². The van der Waals surface area contributed by atoms with Gasteiger partial charge in [-0.2, -0.15) is 0 Å². The molecule has 0 saturated heterocycles. The lowest BCUT2D eigenvalue weighted by Gasteiger charge is -2.07. The summed E-state index contributed by atoms with van der Waals surface area (Å²) in [7, 11) is 1.58. The number of hydrogen-bond donors (Lipinski definition) is 1. The van der Waals surface area contributed by atoms with E-state index >= 15 is 0 Å². The lowest BCUT2D eigenvalue weighted by molar-refractivity contribution is 0.102. The number of hydrogen-bond acceptors (Lipinski definition) is 4. The molecule has 23 heavy (non-hydrogen) atoms. The molecule has 0 aliphatic carbocycles. The molecule has 114 valence electrons. The fraction of sp³-hybridized carbons (Fsp3) is 0.0556. The van der Waals surface area contributed by atoms with E-state index < -0.39 is 0 Å². The number of nitrogens with one attached hydrogen (secondary N) is 1. The highest BCUT2D eigenvalue weighted by Crippen LogP contribution is 2.19. The SMILES string of the molecule is COc1ccc(C(=O)Nc2cc(-c3ccccc3)ncn2)cc1. The van der Waals surface area contributed by atoms with Crippen molar-refractivity contribution >= 4 is 11.7 Å². The summed E-state index contributed by atoms with van der Waals surface area (Å²) in [6.45, 7) is 0. The van der Waals surface area contributed by atoms with E-state index in [-0.39, 0.29) is 5.91 Å². The van der Waals surface area contributed by atoms with Gasteiger partial charge in [-0.1, -0.05) is 30.3 Å². The quantitative estimate of drug-likeness (QED) is 0.802. The fourth-order valence-corrected chi connectivity index (χ4v) is 2.12. The molecule has 1 N–H and O–H groups in total. The van der Waals surface area contributed by atoms with Crippen LogP contribution in [0.4, 0.5) is 5.82 Å². The van der Waals surface area contributed by atoms with E-state index in [9.17, 15) is 4.79 Å². The number of methoxy groups -OCH3 is 1. The first-order valence-electron chi connectivity index (χ1n) is 7.09. The second kappa shape index (κ2) is 6.70. The monoisotopic (exact) mass is 305 g/mol. The number of ether oxygens (including phenoxy) is 1. The van der Waals surface area contributed by atoms with E-state index in [0.29, 0.717) is 17.1 Å². The number of rotatable bonds is 4. The Morgan fingerprint density at radius 3 is 2.43 bits per heavy atom. The summed E-state index contributed by atoms with van der Waals surface area (Å²) in [5.41, 5.74) is 2.26. The van der Waals surface area contributed by atoms with Gasteiger partial charge < -0.3 is 10.1 Å². The standard InChI is InChI=1S/C18H15N3O2/c1-23-15-9-7-14(8-10-15)18(22)21-17-11-16(19-12-20-17)13-5-3-2-4-6-13/h2-12H,1H3,(H,19,20,21,22). The maximum Gasteiger partial charge on any atom is 0.256 e. The van der Waals surface area contributed by atoms with Crippen molar-refractivity contribution in [2.45, 2.75) is 0 Å². The molecular weight excluding hydrogens is 290 g/mol. The van der Waals surface area contributed by atoms with Crippen molar-refractivity contribution in [2.24, 2.45) is 0 Å². The Hall–Kier alpha value is -3.21. The Bertz CT molecular complexity index is 802. The summed E-state index contributed by atoms with van der Waals surface area (Å²) < 4.78 is 5.08. The number of nitrogens with zero attached hydrogens (tertiary/aromatic N) is 2. The Labute approximate surface area is 134 Å². The minimum absolute atomic E-state index is 0.231. The van der Waals surface area contributed by atoms with Gasteiger partial charge in [-0.25, -0.2) is 9.97 Å². The third-order valence-electron chi connectivity index (χ3n) is 3.33. The average Bonchev–Trinajstić information content (AvgIpc) is 2.63. The van der Waals surface area contributed by atoms with Crippen molar-refractivity contribution in [3.05, 3.63) is 72.6 Å². The summed E-state index contributed by atoms with van der Waals surface area (Å²) in [6, 6.07) is 18.4. The highest BCUT2D eigenvalue weighted by Gasteiger charge is 2.08. The second-order valence-electron chi connectivity index (χ2n) is 4.84. The average molecular weight is 305 g/mol. The van der Waals surface area contributed by atoms with Gasteiger partial charge in [-0.05, 0) is 24.3 Å². The minimum atomic E-state index is -0.231. The zero-order valence-corrected chi connectivity index (χ0v) is 12.6. The van der Waals surface area contributed by atoms with Crippen LogP contribution in [-0.2, 0) is 0 Å². The van der Waals surface area contributed by atoms with Crippen molar-refractivity contribution in [1.82, 2.24) is 9.97 Å². The van der Waals surface area contributed by atoms with E-state index in [4.69, 9.17) is 4.74 Å². The topological polar surface area (TPSA) is 64.1 Å². The summed E-state index contributed by atoms with van der Waals surface area (Å²) in [6.07, 6.45) is 1.44. The smallest absolute Gasteiger partial charge is 0.256 e. The van der Waals surface area contributed by atoms with Crippen molar-refractivity contribution in [3.8, 4) is 17.0 Å². The molecule has 0 aliphatic rings. The van der Waals surface area contributed by atoms with Crippen LogP contribution in [0.3, 0.4) is 0 Å². The highest BCUT2D eigenvalue weighted by atomic mass is 16.5. The second-order valence-corrected chi connectivity index (χ2v) is 4.84. The molecular formula is C18H15N3O2. The Balaban J connectivity index is 1.78. The van der Waals surface area contributed by atoms with Crippen LogP contribution in [0, 0.1) is 0 Å². The van der Waals surface area contributed by atoms with Crippen LogP contribution < -0.4 is 10.1 Å². The normalized spacial score (nSPS) is 10.1. The van der Waals surface area contributed by atoms with E-state index in [1.165, 1.54) is 6.33 Å². The third kappa shape index (κ3) is 3.52. The third-order valence-corrected chi connectivity index (χ3v) is 3.33. The molecule has 0 bridgehead atoms. The van der Waals surface area contributed by atoms with Crippen molar-refractivity contribution in [1.29, 1.82) is 0 Å². The Morgan fingerprint density at radius 2 is 1.74 bits per heavy atom. The first-order valence-corrected chi connectivity index (χ1v) is 7.09. The first-order chi connectivity index (χ1) is 11.3. The van der Waals surface area contributed by atoms with Crippen LogP contribution in [0.15, 0.2) is 67.0 Å². The van der Waals surface area contributed by atoms with Gasteiger partial charge in [-0.3, -0.25) is 4.79 Å². The van der Waals surface area contributed by atoms with Crippen LogP contribution in [0.2, 0.25) is 0 Å². The highest BCUT2D eigenvalue weighted by molar-refractivity contribution is 6.03. The number of carbonyl (C=O) groups is 1. The molecule has 5 heteroatoms. The Morgan fingerprint density at radius 1 is 1.00 bits per heavy atom. The molecule has 2 aromatic carbocycles. The van der Waals surface area contributed by atoms with Gasteiger partial charge in [0.15, 0.2) is 0 Å². The molecule has 0 unspecified atom stereocenters. The summed E-state index contributed by atoms with van der Waals surface area (Å²) in [4.78, 5) is 20.6. The molecule has 3 rings (SSSR count). The van der Waals surface area contributed by atoms with Crippen LogP contribution >= 0.6 is 0 Å². The molecule has 1 heterocycles. The fourth-order valence-electron chi connectivity index (χ4n) is 2.12. The molecule has 1 aromatic heterocycles. The van der Waals surface area contributed by atoms with Crippen molar-refractivity contribution in [2.75, 3.05) is 12.4 Å². The summed E-state index contributed by atoms with van der Waals surface area (Å²) in [5.74, 6) is 0.931. The Kier molecular flexibility index (Phi) is 4.29. The maximum atomic E-state index is 12.2. The van der Waals surface area contributed by atoms with Crippen molar-refractivity contribution in [3.63, 3.8) is 0 Å². The number of amides is 1. The summed E-state index contributed by atoms with van der Waals surface area (Å²) in [5, 5.41) is 2.77. The van der Waals surface area contributed by atoms with E-state index in [1.54, 1.807) is 37.4 Å². The first kappa shape index (κ1) is 14.7. The molecule has 0 radical (unpaired) electrons. The van der Waals surface area contributed by atoms with Gasteiger partial charge >= 0.3 is 0 Å². The van der Waals surface area contributed by atoms with Gasteiger partial charge in [0.1, 0.15) is 17.9 Å².